The smallest absolute Gasteiger partial charge is 0.158 e. The summed E-state index contributed by atoms with van der Waals surface area (Å²) in [6.07, 6.45) is 0. The summed E-state index contributed by atoms with van der Waals surface area (Å²) in [4.78, 5) is 8.62. The summed E-state index contributed by atoms with van der Waals surface area (Å²) < 4.78 is 5.03. The Bertz CT molecular complexity index is 353. The summed E-state index contributed by atoms with van der Waals surface area (Å²) in [7, 11) is 1.60. The van der Waals surface area contributed by atoms with Gasteiger partial charge in [-0.2, -0.15) is 0 Å². The topological polar surface area (TPSA) is 79.3 Å². The molecule has 1 heterocycles. The zero-order chi connectivity index (χ0) is 13.6. The standard InChI is InChI=1S/C12H22N4O2/c1-5-13-9-6-10(14-8-12(2,3)17)16-11(15-9)7-18-4/h6,17H,5,7-8H2,1-4H3,(H2,13,14,15,16). The molecular formula is C12H22N4O2. The molecule has 0 fully saturated rings. The second-order valence-electron chi connectivity index (χ2n) is 4.68. The Morgan fingerprint density at radius 3 is 2.39 bits per heavy atom. The molecule has 0 aromatic carbocycles. The van der Waals surface area contributed by atoms with E-state index in [1.165, 1.54) is 0 Å². The minimum absolute atomic E-state index is 0.358. The van der Waals surface area contributed by atoms with Gasteiger partial charge >= 0.3 is 0 Å². The number of aliphatic hydroxyl groups is 1. The van der Waals surface area contributed by atoms with Gasteiger partial charge in [-0.25, -0.2) is 9.97 Å². The van der Waals surface area contributed by atoms with E-state index in [9.17, 15) is 5.11 Å². The minimum atomic E-state index is -0.787. The number of hydrogen-bond acceptors (Lipinski definition) is 6. The third-order valence-electron chi connectivity index (χ3n) is 2.11. The van der Waals surface area contributed by atoms with E-state index >= 15 is 0 Å². The van der Waals surface area contributed by atoms with Gasteiger partial charge in [0.05, 0.1) is 5.60 Å². The van der Waals surface area contributed by atoms with Crippen LogP contribution in [0.3, 0.4) is 0 Å². The number of ether oxygens (including phenoxy) is 1. The molecule has 1 aromatic rings. The first-order valence-corrected chi connectivity index (χ1v) is 6.01. The van der Waals surface area contributed by atoms with E-state index in [0.29, 0.717) is 24.8 Å². The molecule has 3 N–H and O–H groups in total. The van der Waals surface area contributed by atoms with Crippen LogP contribution in [0.5, 0.6) is 0 Å². The fraction of sp³-hybridized carbons (Fsp3) is 0.667. The largest absolute Gasteiger partial charge is 0.389 e. The van der Waals surface area contributed by atoms with E-state index in [1.54, 1.807) is 21.0 Å². The molecule has 102 valence electrons. The molecule has 0 radical (unpaired) electrons. The maximum atomic E-state index is 9.68. The van der Waals surface area contributed by atoms with Crippen LogP contribution in [0.1, 0.15) is 26.6 Å². The highest BCUT2D eigenvalue weighted by Gasteiger charge is 2.13. The van der Waals surface area contributed by atoms with Crippen LogP contribution < -0.4 is 10.6 Å². The van der Waals surface area contributed by atoms with Gasteiger partial charge in [0, 0.05) is 26.3 Å². The highest BCUT2D eigenvalue weighted by molar-refractivity contribution is 5.47. The summed E-state index contributed by atoms with van der Waals surface area (Å²) in [6, 6.07) is 1.81. The van der Waals surface area contributed by atoms with E-state index in [4.69, 9.17) is 4.74 Å². The molecule has 0 bridgehead atoms. The van der Waals surface area contributed by atoms with Gasteiger partial charge < -0.3 is 20.5 Å². The molecule has 0 aliphatic heterocycles. The second kappa shape index (κ2) is 6.51. The Morgan fingerprint density at radius 1 is 1.28 bits per heavy atom. The lowest BCUT2D eigenvalue weighted by Gasteiger charge is -2.18. The zero-order valence-electron chi connectivity index (χ0n) is 11.4. The maximum Gasteiger partial charge on any atom is 0.158 e. The van der Waals surface area contributed by atoms with Gasteiger partial charge in [0.1, 0.15) is 18.2 Å². The Labute approximate surface area is 108 Å². The number of hydrogen-bond donors (Lipinski definition) is 3. The van der Waals surface area contributed by atoms with Gasteiger partial charge in [0.2, 0.25) is 0 Å². The van der Waals surface area contributed by atoms with Crippen molar-refractivity contribution in [2.24, 2.45) is 0 Å². The fourth-order valence-corrected chi connectivity index (χ4v) is 1.36. The predicted octanol–water partition coefficient (Wildman–Crippen LogP) is 1.24. The van der Waals surface area contributed by atoms with Crippen molar-refractivity contribution in [3.05, 3.63) is 11.9 Å². The number of anilines is 2. The highest BCUT2D eigenvalue weighted by Crippen LogP contribution is 2.13. The van der Waals surface area contributed by atoms with Crippen molar-refractivity contribution in [3.63, 3.8) is 0 Å². The maximum absolute atomic E-state index is 9.68. The first kappa shape index (κ1) is 14.7. The molecule has 0 saturated carbocycles. The fourth-order valence-electron chi connectivity index (χ4n) is 1.36. The van der Waals surface area contributed by atoms with Crippen molar-refractivity contribution in [1.29, 1.82) is 0 Å². The van der Waals surface area contributed by atoms with Crippen molar-refractivity contribution in [1.82, 2.24) is 9.97 Å². The average molecular weight is 254 g/mol. The molecule has 6 heteroatoms. The van der Waals surface area contributed by atoms with Crippen LogP contribution in [0, 0.1) is 0 Å². The molecule has 1 rings (SSSR count). The summed E-state index contributed by atoms with van der Waals surface area (Å²) in [5.41, 5.74) is -0.787. The van der Waals surface area contributed by atoms with E-state index in [0.717, 1.165) is 12.4 Å². The molecule has 0 aliphatic carbocycles. The van der Waals surface area contributed by atoms with Gasteiger partial charge in [-0.05, 0) is 20.8 Å². The first-order chi connectivity index (χ1) is 8.44. The molecule has 0 spiro atoms. The van der Waals surface area contributed by atoms with E-state index in [2.05, 4.69) is 20.6 Å². The van der Waals surface area contributed by atoms with Gasteiger partial charge in [-0.15, -0.1) is 0 Å². The first-order valence-electron chi connectivity index (χ1n) is 6.01. The molecule has 0 saturated heterocycles. The Balaban J connectivity index is 2.81. The zero-order valence-corrected chi connectivity index (χ0v) is 11.4. The number of aromatic nitrogens is 2. The Hall–Kier alpha value is -1.40. The van der Waals surface area contributed by atoms with Crippen LogP contribution in [0.25, 0.3) is 0 Å². The third kappa shape index (κ3) is 5.29. The molecular weight excluding hydrogens is 232 g/mol. The summed E-state index contributed by atoms with van der Waals surface area (Å²) in [5, 5.41) is 15.9. The van der Waals surface area contributed by atoms with Crippen LogP contribution in [0.4, 0.5) is 11.6 Å². The number of nitrogens with one attached hydrogen (secondary N) is 2. The SMILES string of the molecule is CCNc1cc(NCC(C)(C)O)nc(COC)n1. The summed E-state index contributed by atoms with van der Waals surface area (Å²) >= 11 is 0. The van der Waals surface area contributed by atoms with Crippen molar-refractivity contribution < 1.29 is 9.84 Å². The number of nitrogens with zero attached hydrogens (tertiary/aromatic N) is 2. The second-order valence-corrected chi connectivity index (χ2v) is 4.68. The molecule has 0 atom stereocenters. The van der Waals surface area contributed by atoms with Crippen molar-refractivity contribution in [2.75, 3.05) is 30.8 Å². The van der Waals surface area contributed by atoms with Crippen molar-refractivity contribution in [3.8, 4) is 0 Å². The molecule has 0 unspecified atom stereocenters. The van der Waals surface area contributed by atoms with Crippen LogP contribution >= 0.6 is 0 Å². The van der Waals surface area contributed by atoms with E-state index < -0.39 is 5.60 Å². The quantitative estimate of drug-likeness (QED) is 0.679. The van der Waals surface area contributed by atoms with Crippen LogP contribution in [0.2, 0.25) is 0 Å². The lowest BCUT2D eigenvalue weighted by molar-refractivity contribution is 0.0944. The van der Waals surface area contributed by atoms with Crippen molar-refractivity contribution >= 4 is 11.6 Å². The number of methoxy groups -OCH3 is 1. The highest BCUT2D eigenvalue weighted by atomic mass is 16.5. The van der Waals surface area contributed by atoms with Crippen LogP contribution in [-0.2, 0) is 11.3 Å². The monoisotopic (exact) mass is 254 g/mol. The Morgan fingerprint density at radius 2 is 1.89 bits per heavy atom. The predicted molar refractivity (Wildman–Crippen MR) is 71.7 cm³/mol. The van der Waals surface area contributed by atoms with Crippen LogP contribution in [-0.4, -0.2) is 40.9 Å². The molecule has 0 amide bonds. The van der Waals surface area contributed by atoms with E-state index in [-0.39, 0.29) is 0 Å². The molecule has 18 heavy (non-hydrogen) atoms. The summed E-state index contributed by atoms with van der Waals surface area (Å²) in [6.45, 7) is 7.04. The molecule has 1 aromatic heterocycles. The summed E-state index contributed by atoms with van der Waals surface area (Å²) in [5.74, 6) is 2.03. The van der Waals surface area contributed by atoms with E-state index in [1.807, 2.05) is 13.0 Å². The van der Waals surface area contributed by atoms with Crippen LogP contribution in [0.15, 0.2) is 6.07 Å². The van der Waals surface area contributed by atoms with Gasteiger partial charge in [0.25, 0.3) is 0 Å². The van der Waals surface area contributed by atoms with Crippen molar-refractivity contribution in [2.45, 2.75) is 33.0 Å². The number of rotatable bonds is 7. The third-order valence-corrected chi connectivity index (χ3v) is 2.11. The van der Waals surface area contributed by atoms with Gasteiger partial charge in [-0.3, -0.25) is 0 Å². The Kier molecular flexibility index (Phi) is 5.30. The lowest BCUT2D eigenvalue weighted by atomic mass is 10.1. The lowest BCUT2D eigenvalue weighted by Crippen LogP contribution is -2.29. The average Bonchev–Trinajstić information content (AvgIpc) is 2.26. The minimum Gasteiger partial charge on any atom is -0.389 e. The molecule has 0 aliphatic rings. The normalized spacial score (nSPS) is 11.4. The molecule has 6 nitrogen and oxygen atoms in total. The van der Waals surface area contributed by atoms with Gasteiger partial charge in [0.15, 0.2) is 5.82 Å². The van der Waals surface area contributed by atoms with Gasteiger partial charge in [-0.1, -0.05) is 0 Å².